The minimum Gasteiger partial charge on any atom is -0.507 e. The van der Waals surface area contributed by atoms with Gasteiger partial charge >= 0.3 is 0 Å². The summed E-state index contributed by atoms with van der Waals surface area (Å²) in [6, 6.07) is 32.2. The molecule has 0 saturated carbocycles. The van der Waals surface area contributed by atoms with Gasteiger partial charge in [-0.15, -0.1) is 0 Å². The predicted octanol–water partition coefficient (Wildman–Crippen LogP) is 6.99. The van der Waals surface area contributed by atoms with E-state index >= 15 is 0 Å². The summed E-state index contributed by atoms with van der Waals surface area (Å²) < 4.78 is 0. The third-order valence-corrected chi connectivity index (χ3v) is 6.21. The topological polar surface area (TPSA) is 40.5 Å². The molecule has 2 nitrogen and oxygen atoms in total. The van der Waals surface area contributed by atoms with Crippen LogP contribution in [0.25, 0.3) is 0 Å². The lowest BCUT2D eigenvalue weighted by Crippen LogP contribution is -2.01. The molecule has 0 bridgehead atoms. The van der Waals surface area contributed by atoms with E-state index < -0.39 is 0 Å². The molecule has 31 heavy (non-hydrogen) atoms. The second-order valence-corrected chi connectivity index (χ2v) is 8.15. The van der Waals surface area contributed by atoms with Crippen molar-refractivity contribution in [1.29, 1.82) is 0 Å². The summed E-state index contributed by atoms with van der Waals surface area (Å²) in [5.74, 6) is 0.776. The number of phenolic OH excluding ortho intramolecular Hbond substituents is 2. The van der Waals surface area contributed by atoms with Gasteiger partial charge in [-0.05, 0) is 22.3 Å². The molecule has 0 fully saturated rings. The lowest BCUT2D eigenvalue weighted by atomic mass is 9.88. The lowest BCUT2D eigenvalue weighted by molar-refractivity contribution is 0.453. The highest BCUT2D eigenvalue weighted by Gasteiger charge is 2.18. The molecule has 0 aromatic heterocycles. The van der Waals surface area contributed by atoms with Gasteiger partial charge in [0.2, 0.25) is 0 Å². The monoisotopic (exact) mass is 408 g/mol. The van der Waals surface area contributed by atoms with Gasteiger partial charge < -0.3 is 10.2 Å². The fraction of sp³-hybridized carbons (Fsp3) is 0.172. The van der Waals surface area contributed by atoms with Gasteiger partial charge in [0.1, 0.15) is 11.5 Å². The molecule has 2 N–H and O–H groups in total. The molecule has 4 aromatic rings. The molecule has 0 amide bonds. The zero-order chi connectivity index (χ0) is 21.8. The van der Waals surface area contributed by atoms with Crippen molar-refractivity contribution < 1.29 is 10.2 Å². The van der Waals surface area contributed by atoms with Crippen molar-refractivity contribution >= 4 is 0 Å². The van der Waals surface area contributed by atoms with Crippen molar-refractivity contribution in [1.82, 2.24) is 0 Å². The molecule has 156 valence electrons. The van der Waals surface area contributed by atoms with Crippen LogP contribution in [0.5, 0.6) is 11.5 Å². The van der Waals surface area contributed by atoms with E-state index in [-0.39, 0.29) is 11.8 Å². The van der Waals surface area contributed by atoms with Gasteiger partial charge in [-0.3, -0.25) is 0 Å². The van der Waals surface area contributed by atoms with E-state index in [1.54, 1.807) is 0 Å². The van der Waals surface area contributed by atoms with Crippen molar-refractivity contribution in [2.45, 2.75) is 32.1 Å². The van der Waals surface area contributed by atoms with Gasteiger partial charge in [0.25, 0.3) is 0 Å². The average molecular weight is 409 g/mol. The molecule has 0 aliphatic heterocycles. The van der Waals surface area contributed by atoms with Crippen LogP contribution in [0.4, 0.5) is 0 Å². The Balaban J connectivity index is 1.65. The first-order valence-electron chi connectivity index (χ1n) is 10.8. The van der Waals surface area contributed by atoms with Gasteiger partial charge in [-0.25, -0.2) is 0 Å². The third kappa shape index (κ3) is 4.34. The van der Waals surface area contributed by atoms with Gasteiger partial charge in [0, 0.05) is 29.4 Å². The SMILES string of the molecule is CC(c1ccccc1)c1cccc(Cc2cccc(C(C)c3ccccc3)c2O)c1O. The fourth-order valence-electron chi connectivity index (χ4n) is 4.25. The van der Waals surface area contributed by atoms with E-state index in [9.17, 15) is 10.2 Å². The number of para-hydroxylation sites is 2. The Morgan fingerprint density at radius 3 is 1.29 bits per heavy atom. The molecule has 4 rings (SSSR count). The van der Waals surface area contributed by atoms with E-state index in [0.717, 1.165) is 33.4 Å². The number of hydrogen-bond donors (Lipinski definition) is 2. The molecule has 0 spiro atoms. The molecule has 2 heteroatoms. The molecule has 0 saturated heterocycles. The Hall–Kier alpha value is -3.52. The largest absolute Gasteiger partial charge is 0.507 e. The van der Waals surface area contributed by atoms with Gasteiger partial charge in [0.15, 0.2) is 0 Å². The molecule has 4 aromatic carbocycles. The molecule has 0 aliphatic carbocycles. The number of hydrogen-bond acceptors (Lipinski definition) is 2. The molecule has 2 atom stereocenters. The summed E-state index contributed by atoms with van der Waals surface area (Å²) >= 11 is 0. The summed E-state index contributed by atoms with van der Waals surface area (Å²) in [4.78, 5) is 0. The van der Waals surface area contributed by atoms with Crippen LogP contribution >= 0.6 is 0 Å². The standard InChI is InChI=1S/C29H28O2/c1-20(22-11-5-3-6-12-22)26-17-9-15-24(28(26)30)19-25-16-10-18-27(29(25)31)21(2)23-13-7-4-8-14-23/h3-18,20-21,30-31H,19H2,1-2H3. The minimum atomic E-state index is 0.0826. The van der Waals surface area contributed by atoms with Crippen molar-refractivity contribution in [3.05, 3.63) is 130 Å². The highest BCUT2D eigenvalue weighted by molar-refractivity contribution is 5.51. The van der Waals surface area contributed by atoms with E-state index in [0.29, 0.717) is 17.9 Å². The molecule has 2 unspecified atom stereocenters. The van der Waals surface area contributed by atoms with E-state index in [1.165, 1.54) is 0 Å². The molecular weight excluding hydrogens is 380 g/mol. The van der Waals surface area contributed by atoms with Crippen LogP contribution in [-0.4, -0.2) is 10.2 Å². The number of rotatable bonds is 6. The molecular formula is C29H28O2. The maximum Gasteiger partial charge on any atom is 0.122 e. The first-order chi connectivity index (χ1) is 15.1. The maximum atomic E-state index is 11.0. The predicted molar refractivity (Wildman–Crippen MR) is 127 cm³/mol. The van der Waals surface area contributed by atoms with E-state index in [2.05, 4.69) is 38.1 Å². The van der Waals surface area contributed by atoms with Crippen LogP contribution in [0.3, 0.4) is 0 Å². The summed E-state index contributed by atoms with van der Waals surface area (Å²) in [5, 5.41) is 22.1. The van der Waals surface area contributed by atoms with Crippen LogP contribution < -0.4 is 0 Å². The smallest absolute Gasteiger partial charge is 0.122 e. The summed E-state index contributed by atoms with van der Waals surface area (Å²) in [6.07, 6.45) is 0.475. The minimum absolute atomic E-state index is 0.0826. The Bertz CT molecular complexity index is 1060. The quantitative estimate of drug-likeness (QED) is 0.361. The number of phenols is 2. The normalized spacial score (nSPS) is 13.0. The second-order valence-electron chi connectivity index (χ2n) is 8.15. The zero-order valence-corrected chi connectivity index (χ0v) is 18.0. The Kier molecular flexibility index (Phi) is 6.08. The van der Waals surface area contributed by atoms with Crippen molar-refractivity contribution in [2.75, 3.05) is 0 Å². The Labute approximate surface area is 184 Å². The van der Waals surface area contributed by atoms with Gasteiger partial charge in [-0.1, -0.05) is 111 Å². The van der Waals surface area contributed by atoms with Crippen LogP contribution in [0.1, 0.15) is 59.1 Å². The second kappa shape index (κ2) is 9.09. The summed E-state index contributed by atoms with van der Waals surface area (Å²) in [5.41, 5.74) is 5.77. The molecule has 0 radical (unpaired) electrons. The van der Waals surface area contributed by atoms with E-state index in [1.807, 2.05) is 72.8 Å². The summed E-state index contributed by atoms with van der Waals surface area (Å²) in [7, 11) is 0. The maximum absolute atomic E-state index is 11.0. The van der Waals surface area contributed by atoms with Crippen molar-refractivity contribution in [2.24, 2.45) is 0 Å². The lowest BCUT2D eigenvalue weighted by Gasteiger charge is -2.18. The van der Waals surface area contributed by atoms with Crippen molar-refractivity contribution in [3.63, 3.8) is 0 Å². The number of aromatic hydroxyl groups is 2. The fourth-order valence-corrected chi connectivity index (χ4v) is 4.25. The Morgan fingerprint density at radius 1 is 0.516 bits per heavy atom. The van der Waals surface area contributed by atoms with Gasteiger partial charge in [-0.2, -0.15) is 0 Å². The highest BCUT2D eigenvalue weighted by Crippen LogP contribution is 2.37. The molecule has 0 aliphatic rings. The zero-order valence-electron chi connectivity index (χ0n) is 18.0. The Morgan fingerprint density at radius 2 is 0.903 bits per heavy atom. The van der Waals surface area contributed by atoms with Crippen molar-refractivity contribution in [3.8, 4) is 11.5 Å². The highest BCUT2D eigenvalue weighted by atomic mass is 16.3. The first-order valence-corrected chi connectivity index (χ1v) is 10.8. The van der Waals surface area contributed by atoms with Crippen LogP contribution in [-0.2, 0) is 6.42 Å². The van der Waals surface area contributed by atoms with Crippen LogP contribution in [0, 0.1) is 0 Å². The van der Waals surface area contributed by atoms with Crippen LogP contribution in [0.2, 0.25) is 0 Å². The number of benzene rings is 4. The average Bonchev–Trinajstić information content (AvgIpc) is 2.82. The van der Waals surface area contributed by atoms with E-state index in [4.69, 9.17) is 0 Å². The third-order valence-electron chi connectivity index (χ3n) is 6.21. The summed E-state index contributed by atoms with van der Waals surface area (Å²) in [6.45, 7) is 4.21. The van der Waals surface area contributed by atoms with Crippen LogP contribution in [0.15, 0.2) is 97.1 Å². The molecule has 0 heterocycles. The van der Waals surface area contributed by atoms with Gasteiger partial charge in [0.05, 0.1) is 0 Å². The first kappa shape index (κ1) is 20.7.